The minimum absolute atomic E-state index is 0.0985. The first kappa shape index (κ1) is 13.7. The van der Waals surface area contributed by atoms with Crippen molar-refractivity contribution >= 4 is 0 Å². The zero-order chi connectivity index (χ0) is 14.4. The summed E-state index contributed by atoms with van der Waals surface area (Å²) in [5.74, 6) is 0.548. The molecule has 3 aliphatic rings. The summed E-state index contributed by atoms with van der Waals surface area (Å²) >= 11 is 0. The molecule has 2 saturated carbocycles. The van der Waals surface area contributed by atoms with Gasteiger partial charge in [0.05, 0.1) is 6.10 Å². The number of aliphatic hydroxyl groups is 2. The maximum atomic E-state index is 10.7. The number of β-amino-alcohol motifs (C(OH)–C–C–N with tert-alkyl or cyclic N) is 1. The van der Waals surface area contributed by atoms with Crippen LogP contribution in [0, 0.1) is 11.3 Å². The fourth-order valence-corrected chi connectivity index (χ4v) is 5.15. The standard InChI is InChI=1S/C18H25NO2/c20-11-15-17(13-6-2-1-3-7-13)18(15)12-19(10-16(18)21)14-8-4-5-9-14/h1-3,6-7,14-17,20-21H,4-5,8-12H2/t15-,16+,17-,18-/m1/s1. The normalized spacial score (nSPS) is 40.2. The molecule has 0 amide bonds. The van der Waals surface area contributed by atoms with E-state index in [1.807, 2.05) is 6.07 Å². The Bertz CT molecular complexity index is 499. The topological polar surface area (TPSA) is 43.7 Å². The molecular formula is C18H25NO2. The molecule has 1 aliphatic heterocycles. The van der Waals surface area contributed by atoms with Crippen LogP contribution in [0.4, 0.5) is 0 Å². The van der Waals surface area contributed by atoms with Crippen molar-refractivity contribution in [2.24, 2.45) is 11.3 Å². The first-order chi connectivity index (χ1) is 10.3. The van der Waals surface area contributed by atoms with E-state index in [2.05, 4.69) is 29.2 Å². The summed E-state index contributed by atoms with van der Waals surface area (Å²) in [5, 5.41) is 20.5. The van der Waals surface area contributed by atoms with Gasteiger partial charge in [0, 0.05) is 31.2 Å². The number of hydrogen-bond acceptors (Lipinski definition) is 3. The molecule has 0 bridgehead atoms. The molecular weight excluding hydrogens is 262 g/mol. The minimum atomic E-state index is -0.291. The highest BCUT2D eigenvalue weighted by atomic mass is 16.3. The van der Waals surface area contributed by atoms with E-state index < -0.39 is 0 Å². The van der Waals surface area contributed by atoms with Gasteiger partial charge in [0.15, 0.2) is 0 Å². The Kier molecular flexibility index (Phi) is 3.32. The lowest BCUT2D eigenvalue weighted by molar-refractivity contribution is 0.110. The van der Waals surface area contributed by atoms with Gasteiger partial charge < -0.3 is 10.2 Å². The largest absolute Gasteiger partial charge is 0.396 e. The zero-order valence-electron chi connectivity index (χ0n) is 12.5. The maximum absolute atomic E-state index is 10.7. The van der Waals surface area contributed by atoms with E-state index in [1.54, 1.807) is 0 Å². The zero-order valence-corrected chi connectivity index (χ0v) is 12.5. The van der Waals surface area contributed by atoms with Crippen molar-refractivity contribution < 1.29 is 10.2 Å². The van der Waals surface area contributed by atoms with Gasteiger partial charge in [-0.1, -0.05) is 43.2 Å². The lowest BCUT2D eigenvalue weighted by atomic mass is 9.95. The van der Waals surface area contributed by atoms with Gasteiger partial charge in [0.2, 0.25) is 0 Å². The number of aliphatic hydroxyl groups excluding tert-OH is 2. The van der Waals surface area contributed by atoms with Crippen LogP contribution in [-0.2, 0) is 0 Å². The molecule has 21 heavy (non-hydrogen) atoms. The van der Waals surface area contributed by atoms with E-state index in [4.69, 9.17) is 0 Å². The maximum Gasteiger partial charge on any atom is 0.0745 e. The van der Waals surface area contributed by atoms with Gasteiger partial charge in [0.25, 0.3) is 0 Å². The van der Waals surface area contributed by atoms with Gasteiger partial charge in [-0.05, 0) is 30.2 Å². The van der Waals surface area contributed by atoms with Crippen LogP contribution >= 0.6 is 0 Å². The summed E-state index contributed by atoms with van der Waals surface area (Å²) in [5.41, 5.74) is 1.18. The Hall–Kier alpha value is -0.900. The van der Waals surface area contributed by atoms with E-state index in [9.17, 15) is 10.2 Å². The summed E-state index contributed by atoms with van der Waals surface area (Å²) in [6.07, 6.45) is 4.93. The second-order valence-electron chi connectivity index (χ2n) is 7.17. The van der Waals surface area contributed by atoms with Crippen LogP contribution in [0.1, 0.15) is 37.2 Å². The number of hydrogen-bond donors (Lipinski definition) is 2. The molecule has 3 fully saturated rings. The van der Waals surface area contributed by atoms with E-state index >= 15 is 0 Å². The van der Waals surface area contributed by atoms with Crippen LogP contribution in [0.3, 0.4) is 0 Å². The lowest BCUT2D eigenvalue weighted by Crippen LogP contribution is -2.31. The van der Waals surface area contributed by atoms with Gasteiger partial charge in [0.1, 0.15) is 0 Å². The Labute approximate surface area is 126 Å². The summed E-state index contributed by atoms with van der Waals surface area (Å²) in [6, 6.07) is 11.1. The van der Waals surface area contributed by atoms with Crippen LogP contribution in [0.5, 0.6) is 0 Å². The third kappa shape index (κ3) is 1.98. The molecule has 0 aromatic heterocycles. The molecule has 3 nitrogen and oxygen atoms in total. The molecule has 1 spiro atoms. The molecule has 1 aromatic rings. The first-order valence-corrected chi connectivity index (χ1v) is 8.35. The predicted octanol–water partition coefficient (Wildman–Crippen LogP) is 2.00. The molecule has 1 saturated heterocycles. The highest BCUT2D eigenvalue weighted by Crippen LogP contribution is 2.69. The van der Waals surface area contributed by atoms with Crippen LogP contribution < -0.4 is 0 Å². The summed E-state index contributed by atoms with van der Waals surface area (Å²) in [4.78, 5) is 2.50. The van der Waals surface area contributed by atoms with E-state index in [1.165, 1.54) is 31.2 Å². The van der Waals surface area contributed by atoms with Crippen LogP contribution in [0.25, 0.3) is 0 Å². The molecule has 3 heteroatoms. The summed E-state index contributed by atoms with van der Waals surface area (Å²) in [6.45, 7) is 1.95. The van der Waals surface area contributed by atoms with Crippen LogP contribution in [-0.4, -0.2) is 47.0 Å². The van der Waals surface area contributed by atoms with Crippen LogP contribution in [0.15, 0.2) is 30.3 Å². The van der Waals surface area contributed by atoms with Crippen molar-refractivity contribution in [3.63, 3.8) is 0 Å². The van der Waals surface area contributed by atoms with Gasteiger partial charge >= 0.3 is 0 Å². The fourth-order valence-electron chi connectivity index (χ4n) is 5.15. The average molecular weight is 287 g/mol. The predicted molar refractivity (Wildman–Crippen MR) is 82.0 cm³/mol. The second-order valence-corrected chi connectivity index (χ2v) is 7.17. The molecule has 1 aromatic carbocycles. The van der Waals surface area contributed by atoms with E-state index in [0.29, 0.717) is 12.0 Å². The summed E-state index contributed by atoms with van der Waals surface area (Å²) < 4.78 is 0. The second kappa shape index (κ2) is 5.08. The molecule has 114 valence electrons. The monoisotopic (exact) mass is 287 g/mol. The lowest BCUT2D eigenvalue weighted by Gasteiger charge is -2.23. The Morgan fingerprint density at radius 3 is 2.52 bits per heavy atom. The van der Waals surface area contributed by atoms with Crippen molar-refractivity contribution in [3.05, 3.63) is 35.9 Å². The Morgan fingerprint density at radius 2 is 1.86 bits per heavy atom. The smallest absolute Gasteiger partial charge is 0.0745 e. The van der Waals surface area contributed by atoms with Gasteiger partial charge in [-0.2, -0.15) is 0 Å². The highest BCUT2D eigenvalue weighted by molar-refractivity contribution is 5.36. The molecule has 0 unspecified atom stereocenters. The SMILES string of the molecule is OC[C@@H]1[C@@H](c2ccccc2)[C@]12CN(C1CCCC1)C[C@@H]2O. The number of likely N-dealkylation sites (tertiary alicyclic amines) is 1. The van der Waals surface area contributed by atoms with E-state index in [0.717, 1.165) is 13.1 Å². The number of nitrogens with zero attached hydrogens (tertiary/aromatic N) is 1. The Balaban J connectivity index is 1.58. The minimum Gasteiger partial charge on any atom is -0.396 e. The molecule has 4 rings (SSSR count). The molecule has 1 heterocycles. The van der Waals surface area contributed by atoms with Crippen molar-refractivity contribution in [2.75, 3.05) is 19.7 Å². The van der Waals surface area contributed by atoms with Gasteiger partial charge in [-0.25, -0.2) is 0 Å². The van der Waals surface area contributed by atoms with Gasteiger partial charge in [-0.3, -0.25) is 4.90 Å². The molecule has 2 aliphatic carbocycles. The molecule has 0 radical (unpaired) electrons. The quantitative estimate of drug-likeness (QED) is 0.893. The first-order valence-electron chi connectivity index (χ1n) is 8.35. The molecule has 2 N–H and O–H groups in total. The molecule has 4 atom stereocenters. The van der Waals surface area contributed by atoms with Gasteiger partial charge in [-0.15, -0.1) is 0 Å². The van der Waals surface area contributed by atoms with Crippen molar-refractivity contribution in [2.45, 2.75) is 43.7 Å². The third-order valence-corrected chi connectivity index (χ3v) is 6.26. The van der Waals surface area contributed by atoms with E-state index in [-0.39, 0.29) is 24.0 Å². The number of rotatable bonds is 3. The summed E-state index contributed by atoms with van der Waals surface area (Å²) in [7, 11) is 0. The van der Waals surface area contributed by atoms with Crippen molar-refractivity contribution in [1.29, 1.82) is 0 Å². The fraction of sp³-hybridized carbons (Fsp3) is 0.667. The van der Waals surface area contributed by atoms with Crippen molar-refractivity contribution in [3.8, 4) is 0 Å². The van der Waals surface area contributed by atoms with Crippen LogP contribution in [0.2, 0.25) is 0 Å². The van der Waals surface area contributed by atoms with Crippen molar-refractivity contribution in [1.82, 2.24) is 4.90 Å². The third-order valence-electron chi connectivity index (χ3n) is 6.26. The number of benzene rings is 1. The average Bonchev–Trinajstić information content (AvgIpc) is 2.84. The Morgan fingerprint density at radius 1 is 1.14 bits per heavy atom. The highest BCUT2D eigenvalue weighted by Gasteiger charge is 2.71.